The van der Waals surface area contributed by atoms with Crippen LogP contribution in [0.3, 0.4) is 0 Å². The largest absolute Gasteiger partial charge is 0.383 e. The number of Topliss-reactive ketones (excluding diaryl/α,β-unsaturated/α-hetero) is 1. The maximum atomic E-state index is 12.1. The monoisotopic (exact) mass is 324 g/mol. The third-order valence-electron chi connectivity index (χ3n) is 2.68. The van der Waals surface area contributed by atoms with E-state index in [-0.39, 0.29) is 5.78 Å². The molecule has 1 rings (SSSR count). The van der Waals surface area contributed by atoms with Crippen molar-refractivity contribution >= 4 is 21.7 Å². The lowest BCUT2D eigenvalue weighted by Crippen LogP contribution is -2.33. The van der Waals surface area contributed by atoms with Crippen molar-refractivity contribution in [1.29, 1.82) is 5.26 Å². The molecular formula is C14H17BrN2O2. The Morgan fingerprint density at radius 1 is 1.37 bits per heavy atom. The number of hydrogen-bond donors (Lipinski definition) is 0. The molecule has 4 nitrogen and oxygen atoms in total. The summed E-state index contributed by atoms with van der Waals surface area (Å²) in [7, 11) is 1.62. The van der Waals surface area contributed by atoms with Crippen molar-refractivity contribution in [2.75, 3.05) is 33.4 Å². The van der Waals surface area contributed by atoms with E-state index in [9.17, 15) is 4.79 Å². The van der Waals surface area contributed by atoms with Gasteiger partial charge in [-0.25, -0.2) is 0 Å². The van der Waals surface area contributed by atoms with Crippen LogP contribution in [0.1, 0.15) is 16.8 Å². The van der Waals surface area contributed by atoms with Gasteiger partial charge in [-0.2, -0.15) is 5.26 Å². The first-order chi connectivity index (χ1) is 9.17. The Kier molecular flexibility index (Phi) is 7.34. The summed E-state index contributed by atoms with van der Waals surface area (Å²) in [6, 6.07) is 9.39. The standard InChI is InChI=1S/C14H17BrN2O2/c1-19-10-9-17(8-2-7-16)11-14(18)12-3-5-13(15)6-4-12/h3-6H,2,8-11H2,1H3. The first-order valence-corrected chi connectivity index (χ1v) is 6.83. The second-order valence-corrected chi connectivity index (χ2v) is 5.02. The Balaban J connectivity index is 2.59. The van der Waals surface area contributed by atoms with Gasteiger partial charge in [-0.05, 0) is 12.1 Å². The van der Waals surface area contributed by atoms with Gasteiger partial charge in [0, 0.05) is 36.7 Å². The van der Waals surface area contributed by atoms with Gasteiger partial charge in [0.15, 0.2) is 5.78 Å². The summed E-state index contributed by atoms with van der Waals surface area (Å²) in [6.45, 7) is 2.11. The molecular weight excluding hydrogens is 308 g/mol. The molecule has 0 bridgehead atoms. The molecule has 0 atom stereocenters. The Labute approximate surface area is 122 Å². The van der Waals surface area contributed by atoms with Gasteiger partial charge >= 0.3 is 0 Å². The van der Waals surface area contributed by atoms with Crippen LogP contribution >= 0.6 is 15.9 Å². The van der Waals surface area contributed by atoms with Gasteiger partial charge in [0.25, 0.3) is 0 Å². The van der Waals surface area contributed by atoms with Crippen molar-refractivity contribution in [1.82, 2.24) is 4.90 Å². The number of ether oxygens (including phenoxy) is 1. The number of nitriles is 1. The van der Waals surface area contributed by atoms with Gasteiger partial charge in [-0.3, -0.25) is 9.69 Å². The van der Waals surface area contributed by atoms with Crippen LogP contribution in [-0.2, 0) is 4.74 Å². The van der Waals surface area contributed by atoms with Crippen molar-refractivity contribution in [2.45, 2.75) is 6.42 Å². The Hall–Kier alpha value is -1.22. The van der Waals surface area contributed by atoms with E-state index in [1.54, 1.807) is 19.2 Å². The Morgan fingerprint density at radius 2 is 2.05 bits per heavy atom. The van der Waals surface area contributed by atoms with E-state index < -0.39 is 0 Å². The van der Waals surface area contributed by atoms with Crippen LogP contribution in [0.2, 0.25) is 0 Å². The molecule has 0 radical (unpaired) electrons. The molecule has 0 fully saturated rings. The fourth-order valence-corrected chi connectivity index (χ4v) is 1.89. The molecule has 102 valence electrons. The first-order valence-electron chi connectivity index (χ1n) is 6.04. The maximum absolute atomic E-state index is 12.1. The van der Waals surface area contributed by atoms with Gasteiger partial charge in [0.2, 0.25) is 0 Å². The van der Waals surface area contributed by atoms with Gasteiger partial charge in [0.1, 0.15) is 0 Å². The molecule has 0 aliphatic heterocycles. The van der Waals surface area contributed by atoms with Crippen LogP contribution in [0.25, 0.3) is 0 Å². The lowest BCUT2D eigenvalue weighted by molar-refractivity contribution is 0.0898. The molecule has 0 saturated carbocycles. The SMILES string of the molecule is COCCN(CCC#N)CC(=O)c1ccc(Br)cc1. The van der Waals surface area contributed by atoms with E-state index in [1.807, 2.05) is 17.0 Å². The van der Waals surface area contributed by atoms with E-state index in [1.165, 1.54) is 0 Å². The van der Waals surface area contributed by atoms with Crippen molar-refractivity contribution < 1.29 is 9.53 Å². The smallest absolute Gasteiger partial charge is 0.176 e. The van der Waals surface area contributed by atoms with Crippen molar-refractivity contribution in [3.05, 3.63) is 34.3 Å². The zero-order valence-electron chi connectivity index (χ0n) is 10.9. The minimum Gasteiger partial charge on any atom is -0.383 e. The van der Waals surface area contributed by atoms with E-state index in [4.69, 9.17) is 10.00 Å². The summed E-state index contributed by atoms with van der Waals surface area (Å²) < 4.78 is 5.96. The first kappa shape index (κ1) is 15.8. The Morgan fingerprint density at radius 3 is 2.63 bits per heavy atom. The number of carbonyl (C=O) groups excluding carboxylic acids is 1. The van der Waals surface area contributed by atoms with Crippen LogP contribution in [0, 0.1) is 11.3 Å². The average Bonchev–Trinajstić information content (AvgIpc) is 2.42. The molecule has 5 heteroatoms. The molecule has 0 spiro atoms. The van der Waals surface area contributed by atoms with Gasteiger partial charge in [-0.1, -0.05) is 28.1 Å². The fourth-order valence-electron chi connectivity index (χ4n) is 1.63. The van der Waals surface area contributed by atoms with Crippen LogP contribution in [0.5, 0.6) is 0 Å². The zero-order valence-corrected chi connectivity index (χ0v) is 12.5. The molecule has 0 N–H and O–H groups in total. The fraction of sp³-hybridized carbons (Fsp3) is 0.429. The van der Waals surface area contributed by atoms with E-state index in [0.29, 0.717) is 38.2 Å². The predicted molar refractivity (Wildman–Crippen MR) is 77.0 cm³/mol. The van der Waals surface area contributed by atoms with Crippen molar-refractivity contribution in [2.24, 2.45) is 0 Å². The van der Waals surface area contributed by atoms with Crippen LogP contribution in [0.4, 0.5) is 0 Å². The molecule has 0 saturated heterocycles. The highest BCUT2D eigenvalue weighted by atomic mass is 79.9. The number of methoxy groups -OCH3 is 1. The molecule has 1 aromatic rings. The molecule has 0 aliphatic rings. The zero-order chi connectivity index (χ0) is 14.1. The van der Waals surface area contributed by atoms with Gasteiger partial charge in [-0.15, -0.1) is 0 Å². The second kappa shape index (κ2) is 8.81. The summed E-state index contributed by atoms with van der Waals surface area (Å²) in [5, 5.41) is 8.62. The number of rotatable bonds is 8. The lowest BCUT2D eigenvalue weighted by atomic mass is 10.1. The summed E-state index contributed by atoms with van der Waals surface area (Å²) in [5.41, 5.74) is 0.683. The van der Waals surface area contributed by atoms with Crippen molar-refractivity contribution in [3.8, 4) is 6.07 Å². The highest BCUT2D eigenvalue weighted by Crippen LogP contribution is 2.11. The van der Waals surface area contributed by atoms with E-state index in [2.05, 4.69) is 22.0 Å². The van der Waals surface area contributed by atoms with E-state index in [0.717, 1.165) is 4.47 Å². The highest BCUT2D eigenvalue weighted by molar-refractivity contribution is 9.10. The van der Waals surface area contributed by atoms with Crippen molar-refractivity contribution in [3.63, 3.8) is 0 Å². The summed E-state index contributed by atoms with van der Waals surface area (Å²) in [5.74, 6) is 0.0570. The van der Waals surface area contributed by atoms with Crippen LogP contribution < -0.4 is 0 Å². The molecule has 1 aromatic carbocycles. The number of nitrogens with zero attached hydrogens (tertiary/aromatic N) is 2. The molecule has 0 unspecified atom stereocenters. The third-order valence-corrected chi connectivity index (χ3v) is 3.21. The molecule has 0 heterocycles. The number of hydrogen-bond acceptors (Lipinski definition) is 4. The average molecular weight is 325 g/mol. The minimum absolute atomic E-state index is 0.0570. The number of benzene rings is 1. The van der Waals surface area contributed by atoms with Gasteiger partial charge in [0.05, 0.1) is 19.2 Å². The van der Waals surface area contributed by atoms with E-state index >= 15 is 0 Å². The molecule has 19 heavy (non-hydrogen) atoms. The maximum Gasteiger partial charge on any atom is 0.176 e. The second-order valence-electron chi connectivity index (χ2n) is 4.11. The number of ketones is 1. The highest BCUT2D eigenvalue weighted by Gasteiger charge is 2.12. The lowest BCUT2D eigenvalue weighted by Gasteiger charge is -2.19. The number of halogens is 1. The van der Waals surface area contributed by atoms with Crippen LogP contribution in [-0.4, -0.2) is 44.0 Å². The molecule has 0 aromatic heterocycles. The third kappa shape index (κ3) is 5.97. The van der Waals surface area contributed by atoms with Gasteiger partial charge < -0.3 is 4.74 Å². The number of carbonyl (C=O) groups is 1. The topological polar surface area (TPSA) is 53.3 Å². The van der Waals surface area contributed by atoms with Crippen LogP contribution in [0.15, 0.2) is 28.7 Å². The normalized spacial score (nSPS) is 10.4. The summed E-state index contributed by atoms with van der Waals surface area (Å²) >= 11 is 3.34. The minimum atomic E-state index is 0.0570. The Bertz CT molecular complexity index is 440. The summed E-state index contributed by atoms with van der Waals surface area (Å²) in [6.07, 6.45) is 0.414. The predicted octanol–water partition coefficient (Wildman–Crippen LogP) is 2.49. The molecule has 0 amide bonds. The quantitative estimate of drug-likeness (QED) is 0.689. The molecule has 0 aliphatic carbocycles. The summed E-state index contributed by atoms with van der Waals surface area (Å²) in [4.78, 5) is 14.1.